The van der Waals surface area contributed by atoms with E-state index in [-0.39, 0.29) is 44.3 Å². The maximum Gasteiger partial charge on any atom is 0.234 e. The van der Waals surface area contributed by atoms with Gasteiger partial charge in [0.05, 0.1) is 0 Å². The van der Waals surface area contributed by atoms with Crippen molar-refractivity contribution < 1.29 is 0 Å². The molecular weight excluding hydrogens is 416 g/mol. The average Bonchev–Trinajstić information content (AvgIpc) is 2.80. The molecule has 0 saturated carbocycles. The molecular formula is C22H12N4O6. The fraction of sp³-hybridized carbons (Fsp3) is 0.182. The molecule has 5 rings (SSSR count). The molecule has 0 radical (unpaired) electrons. The number of nitrogens with zero attached hydrogens (tertiary/aromatic N) is 4. The highest BCUT2D eigenvalue weighted by molar-refractivity contribution is 5.97. The summed E-state index contributed by atoms with van der Waals surface area (Å²) in [7, 11) is 0. The molecule has 2 aromatic heterocycles. The second-order valence-electron chi connectivity index (χ2n) is 7.71. The molecule has 32 heavy (non-hydrogen) atoms. The second-order valence-corrected chi connectivity index (χ2v) is 7.71. The monoisotopic (exact) mass is 428 g/mol. The zero-order valence-corrected chi connectivity index (χ0v) is 17.2. The zero-order valence-electron chi connectivity index (χ0n) is 17.2. The van der Waals surface area contributed by atoms with Gasteiger partial charge in [0.25, 0.3) is 0 Å². The van der Waals surface area contributed by atoms with E-state index in [2.05, 4.69) is 19.9 Å². The quantitative estimate of drug-likeness (QED) is 0.297. The van der Waals surface area contributed by atoms with E-state index in [4.69, 9.17) is 0 Å². The Morgan fingerprint density at radius 3 is 0.656 bits per heavy atom. The van der Waals surface area contributed by atoms with Crippen LogP contribution in [0.3, 0.4) is 0 Å². The third-order valence-corrected chi connectivity index (χ3v) is 6.00. The lowest BCUT2D eigenvalue weighted by atomic mass is 10.1. The molecule has 3 aromatic carbocycles. The van der Waals surface area contributed by atoms with Gasteiger partial charge < -0.3 is 0 Å². The molecule has 0 saturated heterocycles. The van der Waals surface area contributed by atoms with Gasteiger partial charge in [0, 0.05) is 22.3 Å². The van der Waals surface area contributed by atoms with Gasteiger partial charge in [-0.25, -0.2) is 19.9 Å². The summed E-state index contributed by atoms with van der Waals surface area (Å²) in [6.07, 6.45) is 0. The predicted octanol–water partition coefficient (Wildman–Crippen LogP) is -0.412. The number of rotatable bonds is 0. The van der Waals surface area contributed by atoms with Crippen LogP contribution in [0, 0.1) is 27.7 Å². The first-order chi connectivity index (χ1) is 15.0. The van der Waals surface area contributed by atoms with Crippen molar-refractivity contribution >= 4 is 44.1 Å². The minimum Gasteiger partial charge on any atom is -0.287 e. The minimum atomic E-state index is -0.881. The van der Waals surface area contributed by atoms with Crippen molar-refractivity contribution in [2.45, 2.75) is 27.7 Å². The number of aromatic nitrogens is 4. The Bertz CT molecular complexity index is 1750. The van der Waals surface area contributed by atoms with Crippen LogP contribution in [0.2, 0.25) is 0 Å². The van der Waals surface area contributed by atoms with Crippen molar-refractivity contribution in [2.24, 2.45) is 0 Å². The molecule has 5 aromatic rings. The third kappa shape index (κ3) is 2.23. The second kappa shape index (κ2) is 6.10. The van der Waals surface area contributed by atoms with Crippen LogP contribution in [0.15, 0.2) is 28.8 Å². The number of hydrogen-bond donors (Lipinski definition) is 0. The predicted molar refractivity (Wildman–Crippen MR) is 118 cm³/mol. The van der Waals surface area contributed by atoms with E-state index in [0.717, 1.165) is 0 Å². The Hall–Kier alpha value is -4.34. The van der Waals surface area contributed by atoms with Gasteiger partial charge in [-0.1, -0.05) is 0 Å². The average molecular weight is 428 g/mol. The van der Waals surface area contributed by atoms with Gasteiger partial charge in [-0.05, 0) is 27.7 Å². The maximum atomic E-state index is 13.1. The highest BCUT2D eigenvalue weighted by atomic mass is 16.1. The van der Waals surface area contributed by atoms with E-state index in [9.17, 15) is 28.8 Å². The van der Waals surface area contributed by atoms with Gasteiger partial charge in [-0.2, -0.15) is 0 Å². The molecule has 0 atom stereocenters. The van der Waals surface area contributed by atoms with Crippen LogP contribution >= 0.6 is 0 Å². The third-order valence-electron chi connectivity index (χ3n) is 6.00. The first kappa shape index (κ1) is 19.6. The SMILES string of the molecule is Cc1c(C)c(=O)c2nc3c(=O)c4nc5c(=O)c(C)c(C)c(=O)c5nc4c(=O)c3nc2c1=O. The van der Waals surface area contributed by atoms with Gasteiger partial charge in [0.1, 0.15) is 44.1 Å². The fourth-order valence-electron chi connectivity index (χ4n) is 3.75. The first-order valence-corrected chi connectivity index (χ1v) is 9.51. The molecule has 0 spiro atoms. The molecule has 0 bridgehead atoms. The summed E-state index contributed by atoms with van der Waals surface area (Å²) in [6, 6.07) is 0. The zero-order chi connectivity index (χ0) is 23.2. The molecule has 0 amide bonds. The summed E-state index contributed by atoms with van der Waals surface area (Å²) in [5.74, 6) is 0. The smallest absolute Gasteiger partial charge is 0.234 e. The molecule has 0 N–H and O–H groups in total. The lowest BCUT2D eigenvalue weighted by molar-refractivity contribution is 1.23. The van der Waals surface area contributed by atoms with Crippen LogP contribution in [-0.4, -0.2) is 19.9 Å². The molecule has 0 aliphatic rings. The van der Waals surface area contributed by atoms with Crippen LogP contribution in [-0.2, 0) is 0 Å². The molecule has 0 fully saturated rings. The van der Waals surface area contributed by atoms with E-state index in [1.165, 1.54) is 27.7 Å². The Balaban J connectivity index is 2.12. The fourth-order valence-corrected chi connectivity index (χ4v) is 3.75. The van der Waals surface area contributed by atoms with Crippen molar-refractivity contribution in [1.29, 1.82) is 0 Å². The lowest BCUT2D eigenvalue weighted by Crippen LogP contribution is -2.26. The lowest BCUT2D eigenvalue weighted by Gasteiger charge is -2.05. The van der Waals surface area contributed by atoms with E-state index in [1.807, 2.05) is 0 Å². The van der Waals surface area contributed by atoms with Crippen LogP contribution in [0.25, 0.3) is 44.1 Å². The summed E-state index contributed by atoms with van der Waals surface area (Å²) < 4.78 is 0. The first-order valence-electron chi connectivity index (χ1n) is 9.51. The van der Waals surface area contributed by atoms with Crippen molar-refractivity contribution in [2.75, 3.05) is 0 Å². The Morgan fingerprint density at radius 1 is 0.312 bits per heavy atom. The van der Waals surface area contributed by atoms with Crippen molar-refractivity contribution in [3.8, 4) is 0 Å². The Kier molecular flexibility index (Phi) is 3.74. The standard InChI is InChI=1S/C22H12N4O6/c1-5-6(2)18(28)10-9(17(5)27)23-13-14(24-10)22(32)16-15(21(13)31)25-11-12(26-16)20(30)8(4)7(3)19(11)29/h1-4H3. The van der Waals surface area contributed by atoms with E-state index < -0.39 is 54.6 Å². The molecule has 0 aliphatic carbocycles. The topological polar surface area (TPSA) is 154 Å². The van der Waals surface area contributed by atoms with Crippen LogP contribution in [0.4, 0.5) is 0 Å². The van der Waals surface area contributed by atoms with E-state index >= 15 is 0 Å². The molecule has 0 aliphatic heterocycles. The van der Waals surface area contributed by atoms with Crippen LogP contribution < -0.4 is 32.6 Å². The number of fused-ring (bicyclic) bond motifs is 4. The largest absolute Gasteiger partial charge is 0.287 e. The van der Waals surface area contributed by atoms with Crippen LogP contribution in [0.5, 0.6) is 0 Å². The highest BCUT2D eigenvalue weighted by Gasteiger charge is 2.22. The van der Waals surface area contributed by atoms with Crippen molar-refractivity contribution in [3.63, 3.8) is 0 Å². The normalized spacial score (nSPS) is 11.9. The van der Waals surface area contributed by atoms with Gasteiger partial charge in [0.2, 0.25) is 32.6 Å². The summed E-state index contributed by atoms with van der Waals surface area (Å²) in [5, 5.41) is 0. The van der Waals surface area contributed by atoms with Gasteiger partial charge in [-0.3, -0.25) is 28.8 Å². The summed E-state index contributed by atoms with van der Waals surface area (Å²) >= 11 is 0. The minimum absolute atomic E-state index is 0.169. The van der Waals surface area contributed by atoms with Crippen LogP contribution in [0.1, 0.15) is 22.3 Å². The van der Waals surface area contributed by atoms with E-state index in [0.29, 0.717) is 0 Å². The highest BCUT2D eigenvalue weighted by Crippen LogP contribution is 2.13. The van der Waals surface area contributed by atoms with Gasteiger partial charge >= 0.3 is 0 Å². The van der Waals surface area contributed by atoms with Gasteiger partial charge in [0.15, 0.2) is 0 Å². The summed E-state index contributed by atoms with van der Waals surface area (Å²) in [5.41, 5.74) is -6.52. The maximum absolute atomic E-state index is 13.1. The molecule has 2 heterocycles. The van der Waals surface area contributed by atoms with E-state index in [1.54, 1.807) is 0 Å². The molecule has 10 nitrogen and oxygen atoms in total. The van der Waals surface area contributed by atoms with Gasteiger partial charge in [-0.15, -0.1) is 0 Å². The number of hydrogen-bond acceptors (Lipinski definition) is 10. The Labute approximate surface area is 175 Å². The molecule has 0 unspecified atom stereocenters. The summed E-state index contributed by atoms with van der Waals surface area (Å²) in [4.78, 5) is 92.7. The number of benzene rings is 3. The van der Waals surface area contributed by atoms with Crippen molar-refractivity contribution in [1.82, 2.24) is 19.9 Å². The summed E-state index contributed by atoms with van der Waals surface area (Å²) in [6.45, 7) is 5.83. The van der Waals surface area contributed by atoms with Crippen molar-refractivity contribution in [3.05, 3.63) is 83.6 Å². The Morgan fingerprint density at radius 2 is 0.469 bits per heavy atom. The molecule has 156 valence electrons. The molecule has 10 heteroatoms.